The Bertz CT molecular complexity index is 528. The third-order valence-corrected chi connectivity index (χ3v) is 4.70. The van der Waals surface area contributed by atoms with Crippen LogP contribution in [0.25, 0.3) is 0 Å². The normalized spacial score (nSPS) is 21.8. The minimum atomic E-state index is 0.159. The lowest BCUT2D eigenvalue weighted by atomic mass is 10.2. The smallest absolute Gasteiger partial charge is 0.234 e. The van der Waals surface area contributed by atoms with E-state index in [1.54, 1.807) is 0 Å². The van der Waals surface area contributed by atoms with Crippen molar-refractivity contribution in [2.45, 2.75) is 45.7 Å². The summed E-state index contributed by atoms with van der Waals surface area (Å²) in [4.78, 5) is 21.0. The summed E-state index contributed by atoms with van der Waals surface area (Å²) in [5, 5.41) is 7.09. The van der Waals surface area contributed by atoms with Crippen LogP contribution in [-0.2, 0) is 11.3 Å². The lowest BCUT2D eigenvalue weighted by Gasteiger charge is -2.21. The van der Waals surface area contributed by atoms with Gasteiger partial charge >= 0.3 is 0 Å². The Hall–Kier alpha value is -1.47. The summed E-state index contributed by atoms with van der Waals surface area (Å²) < 4.78 is 5.02. The number of aromatic nitrogens is 2. The van der Waals surface area contributed by atoms with Gasteiger partial charge in [0.1, 0.15) is 0 Å². The zero-order valence-electron chi connectivity index (χ0n) is 14.1. The first kappa shape index (κ1) is 16.4. The van der Waals surface area contributed by atoms with Crippen LogP contribution < -0.4 is 5.32 Å². The Morgan fingerprint density at radius 3 is 2.74 bits per heavy atom. The molecule has 128 valence electrons. The number of nitrogens with zero attached hydrogens (tertiary/aromatic N) is 4. The van der Waals surface area contributed by atoms with Gasteiger partial charge in [0, 0.05) is 26.1 Å². The van der Waals surface area contributed by atoms with Crippen LogP contribution in [0.2, 0.25) is 0 Å². The monoisotopic (exact) mass is 321 g/mol. The van der Waals surface area contributed by atoms with E-state index in [0.29, 0.717) is 24.4 Å². The molecule has 1 atom stereocenters. The van der Waals surface area contributed by atoms with Gasteiger partial charge in [0.05, 0.1) is 13.1 Å². The molecule has 7 nitrogen and oxygen atoms in total. The number of amides is 1. The SMILES string of the molecule is Cc1nc(CN2CCCN(CC(=O)NC(C)C3CC3)CC2)no1. The summed E-state index contributed by atoms with van der Waals surface area (Å²) in [6, 6.07) is 0.326. The fraction of sp³-hybridized carbons (Fsp3) is 0.812. The molecule has 2 fully saturated rings. The Morgan fingerprint density at radius 2 is 2.04 bits per heavy atom. The van der Waals surface area contributed by atoms with Crippen LogP contribution in [0.3, 0.4) is 0 Å². The van der Waals surface area contributed by atoms with Gasteiger partial charge in [-0.15, -0.1) is 0 Å². The molecule has 1 aliphatic heterocycles. The van der Waals surface area contributed by atoms with E-state index in [4.69, 9.17) is 4.52 Å². The van der Waals surface area contributed by atoms with E-state index in [-0.39, 0.29) is 5.91 Å². The lowest BCUT2D eigenvalue weighted by molar-refractivity contribution is -0.123. The predicted octanol–water partition coefficient (Wildman–Crippen LogP) is 0.800. The second-order valence-corrected chi connectivity index (χ2v) is 6.83. The van der Waals surface area contributed by atoms with Crippen LogP contribution in [0, 0.1) is 12.8 Å². The van der Waals surface area contributed by atoms with Crippen molar-refractivity contribution in [1.29, 1.82) is 0 Å². The van der Waals surface area contributed by atoms with E-state index >= 15 is 0 Å². The highest BCUT2D eigenvalue weighted by molar-refractivity contribution is 5.78. The van der Waals surface area contributed by atoms with E-state index in [1.807, 2.05) is 6.92 Å². The third kappa shape index (κ3) is 5.00. The molecule has 1 saturated carbocycles. The number of rotatable bonds is 6. The highest BCUT2D eigenvalue weighted by Crippen LogP contribution is 2.32. The fourth-order valence-corrected chi connectivity index (χ4v) is 3.16. The number of aryl methyl sites for hydroxylation is 1. The molecule has 1 aliphatic carbocycles. The molecule has 2 aliphatic rings. The van der Waals surface area contributed by atoms with Gasteiger partial charge in [-0.1, -0.05) is 5.16 Å². The zero-order valence-corrected chi connectivity index (χ0v) is 14.1. The maximum Gasteiger partial charge on any atom is 0.234 e. The van der Waals surface area contributed by atoms with Crippen LogP contribution in [0.4, 0.5) is 0 Å². The Morgan fingerprint density at radius 1 is 1.30 bits per heavy atom. The maximum absolute atomic E-state index is 12.1. The molecule has 1 amide bonds. The molecule has 1 aromatic heterocycles. The van der Waals surface area contributed by atoms with Crippen molar-refractivity contribution >= 4 is 5.91 Å². The fourth-order valence-electron chi connectivity index (χ4n) is 3.16. The molecule has 7 heteroatoms. The topological polar surface area (TPSA) is 74.5 Å². The van der Waals surface area contributed by atoms with Crippen molar-refractivity contribution in [1.82, 2.24) is 25.3 Å². The summed E-state index contributed by atoms with van der Waals surface area (Å²) >= 11 is 0. The largest absolute Gasteiger partial charge is 0.352 e. The molecular formula is C16H27N5O2. The molecule has 2 heterocycles. The Labute approximate surface area is 137 Å². The van der Waals surface area contributed by atoms with E-state index < -0.39 is 0 Å². The van der Waals surface area contributed by atoms with Gasteiger partial charge in [-0.25, -0.2) is 0 Å². The first-order valence-corrected chi connectivity index (χ1v) is 8.63. The van der Waals surface area contributed by atoms with Crippen LogP contribution in [0.15, 0.2) is 4.52 Å². The molecule has 1 N–H and O–H groups in total. The minimum absolute atomic E-state index is 0.159. The van der Waals surface area contributed by atoms with E-state index in [1.165, 1.54) is 12.8 Å². The van der Waals surface area contributed by atoms with Gasteiger partial charge in [-0.2, -0.15) is 4.98 Å². The van der Waals surface area contributed by atoms with Gasteiger partial charge in [0.15, 0.2) is 5.82 Å². The predicted molar refractivity (Wildman–Crippen MR) is 85.7 cm³/mol. The van der Waals surface area contributed by atoms with Gasteiger partial charge in [-0.05, 0) is 45.2 Å². The summed E-state index contributed by atoms with van der Waals surface area (Å²) in [7, 11) is 0. The number of nitrogens with one attached hydrogen (secondary N) is 1. The van der Waals surface area contributed by atoms with Crippen molar-refractivity contribution in [3.8, 4) is 0 Å². The highest BCUT2D eigenvalue weighted by atomic mass is 16.5. The molecule has 0 radical (unpaired) electrons. The summed E-state index contributed by atoms with van der Waals surface area (Å²) in [5.41, 5.74) is 0. The van der Waals surface area contributed by atoms with Crippen molar-refractivity contribution in [2.75, 3.05) is 32.7 Å². The number of hydrogen-bond acceptors (Lipinski definition) is 6. The number of hydrogen-bond donors (Lipinski definition) is 1. The molecule has 1 unspecified atom stereocenters. The van der Waals surface area contributed by atoms with Crippen LogP contribution in [0.1, 0.15) is 37.9 Å². The zero-order chi connectivity index (χ0) is 16.2. The standard InChI is InChI=1S/C16H27N5O2/c1-12(14-4-5-14)17-16(22)11-21-7-3-6-20(8-9-21)10-15-18-13(2)23-19-15/h12,14H,3-11H2,1-2H3,(H,17,22). The average molecular weight is 321 g/mol. The average Bonchev–Trinajstić information content (AvgIpc) is 3.29. The van der Waals surface area contributed by atoms with Gasteiger partial charge < -0.3 is 9.84 Å². The molecule has 3 rings (SSSR count). The van der Waals surface area contributed by atoms with Gasteiger partial charge in [-0.3, -0.25) is 14.6 Å². The Balaban J connectivity index is 1.41. The molecule has 0 bridgehead atoms. The Kier molecular flexibility index (Phi) is 5.27. The van der Waals surface area contributed by atoms with Crippen molar-refractivity contribution in [2.24, 2.45) is 5.92 Å². The second-order valence-electron chi connectivity index (χ2n) is 6.83. The van der Waals surface area contributed by atoms with E-state index in [9.17, 15) is 4.79 Å². The molecule has 0 spiro atoms. The quantitative estimate of drug-likeness (QED) is 0.835. The van der Waals surface area contributed by atoms with Crippen LogP contribution >= 0.6 is 0 Å². The molecule has 1 saturated heterocycles. The van der Waals surface area contributed by atoms with Crippen molar-refractivity contribution in [3.05, 3.63) is 11.7 Å². The summed E-state index contributed by atoms with van der Waals surface area (Å²) in [5.74, 6) is 2.22. The first-order chi connectivity index (χ1) is 11.1. The second kappa shape index (κ2) is 7.40. The third-order valence-electron chi connectivity index (χ3n) is 4.70. The van der Waals surface area contributed by atoms with Crippen molar-refractivity contribution < 1.29 is 9.32 Å². The van der Waals surface area contributed by atoms with Crippen molar-refractivity contribution in [3.63, 3.8) is 0 Å². The van der Waals surface area contributed by atoms with Gasteiger partial charge in [0.25, 0.3) is 0 Å². The molecule has 23 heavy (non-hydrogen) atoms. The first-order valence-electron chi connectivity index (χ1n) is 8.63. The summed E-state index contributed by atoms with van der Waals surface area (Å²) in [6.07, 6.45) is 3.58. The minimum Gasteiger partial charge on any atom is -0.352 e. The number of carbonyl (C=O) groups excluding carboxylic acids is 1. The van der Waals surface area contributed by atoms with E-state index in [0.717, 1.165) is 45.0 Å². The van der Waals surface area contributed by atoms with Crippen LogP contribution in [-0.4, -0.2) is 64.6 Å². The number of carbonyl (C=O) groups is 1. The molecule has 1 aromatic rings. The molecule has 0 aromatic carbocycles. The van der Waals surface area contributed by atoms with Crippen LogP contribution in [0.5, 0.6) is 0 Å². The van der Waals surface area contributed by atoms with E-state index in [2.05, 4.69) is 32.2 Å². The van der Waals surface area contributed by atoms with Gasteiger partial charge in [0.2, 0.25) is 11.8 Å². The summed E-state index contributed by atoms with van der Waals surface area (Å²) in [6.45, 7) is 8.95. The maximum atomic E-state index is 12.1. The highest BCUT2D eigenvalue weighted by Gasteiger charge is 2.29. The molecular weight excluding hydrogens is 294 g/mol. The lowest BCUT2D eigenvalue weighted by Crippen LogP contribution is -2.43.